The second-order valence-electron chi connectivity index (χ2n) is 4.15. The molecule has 102 valence electrons. The maximum Gasteiger partial charge on any atom is 0.410 e. The molecule has 0 radical (unpaired) electrons. The van der Waals surface area contributed by atoms with Crippen LogP contribution in [0.3, 0.4) is 0 Å². The second kappa shape index (κ2) is 5.56. The molecule has 0 saturated carbocycles. The molecule has 1 aliphatic rings. The van der Waals surface area contributed by atoms with Crippen LogP contribution in [-0.4, -0.2) is 29.1 Å². The van der Waals surface area contributed by atoms with Crippen molar-refractivity contribution in [1.29, 1.82) is 0 Å². The molecule has 1 aromatic rings. The minimum Gasteiger partial charge on any atom is -0.450 e. The summed E-state index contributed by atoms with van der Waals surface area (Å²) in [4.78, 5) is 23.8. The first-order valence-electron chi connectivity index (χ1n) is 5.91. The van der Waals surface area contributed by atoms with E-state index in [0.717, 1.165) is 10.0 Å². The lowest BCUT2D eigenvalue weighted by Gasteiger charge is -2.28. The average Bonchev–Trinajstić information content (AvgIpc) is 2.38. The van der Waals surface area contributed by atoms with Gasteiger partial charge in [0.2, 0.25) is 0 Å². The van der Waals surface area contributed by atoms with Crippen molar-refractivity contribution in [2.24, 2.45) is 0 Å². The van der Waals surface area contributed by atoms with Gasteiger partial charge in [-0.3, -0.25) is 10.1 Å². The maximum atomic E-state index is 11.7. The quantitative estimate of drug-likeness (QED) is 0.618. The van der Waals surface area contributed by atoms with Crippen LogP contribution < -0.4 is 0 Å². The molecule has 0 unspecified atom stereocenters. The van der Waals surface area contributed by atoms with Crippen LogP contribution in [0.15, 0.2) is 16.6 Å². The van der Waals surface area contributed by atoms with Crippen molar-refractivity contribution in [1.82, 2.24) is 4.90 Å². The van der Waals surface area contributed by atoms with Gasteiger partial charge in [0.15, 0.2) is 0 Å². The van der Waals surface area contributed by atoms with Crippen molar-refractivity contribution in [3.63, 3.8) is 0 Å². The summed E-state index contributed by atoms with van der Waals surface area (Å²) in [6.45, 7) is 2.74. The Kier molecular flexibility index (Phi) is 4.04. The molecule has 1 aromatic carbocycles. The zero-order valence-corrected chi connectivity index (χ0v) is 12.0. The van der Waals surface area contributed by atoms with Gasteiger partial charge in [0.05, 0.1) is 23.6 Å². The number of benzene rings is 1. The highest BCUT2D eigenvalue weighted by Gasteiger charge is 2.28. The number of hydrogen-bond acceptors (Lipinski definition) is 4. The zero-order chi connectivity index (χ0) is 14.0. The Balaban J connectivity index is 2.35. The van der Waals surface area contributed by atoms with Crippen LogP contribution in [0.2, 0.25) is 0 Å². The van der Waals surface area contributed by atoms with Crippen LogP contribution in [-0.2, 0) is 17.7 Å². The van der Waals surface area contributed by atoms with Crippen LogP contribution >= 0.6 is 15.9 Å². The van der Waals surface area contributed by atoms with Crippen LogP contribution in [0.5, 0.6) is 0 Å². The molecule has 1 aliphatic heterocycles. The first kappa shape index (κ1) is 13.8. The lowest BCUT2D eigenvalue weighted by Crippen LogP contribution is -2.36. The van der Waals surface area contributed by atoms with Gasteiger partial charge in [-0.05, 0) is 25.0 Å². The average molecular weight is 329 g/mol. The maximum absolute atomic E-state index is 11.7. The summed E-state index contributed by atoms with van der Waals surface area (Å²) in [5.74, 6) is 0. The summed E-state index contributed by atoms with van der Waals surface area (Å²) < 4.78 is 5.78. The number of halogens is 1. The van der Waals surface area contributed by atoms with E-state index in [9.17, 15) is 14.9 Å². The molecular weight excluding hydrogens is 316 g/mol. The van der Waals surface area contributed by atoms with Crippen molar-refractivity contribution < 1.29 is 14.5 Å². The van der Waals surface area contributed by atoms with E-state index >= 15 is 0 Å². The van der Waals surface area contributed by atoms with E-state index in [1.54, 1.807) is 13.0 Å². The predicted molar refractivity (Wildman–Crippen MR) is 71.9 cm³/mol. The van der Waals surface area contributed by atoms with E-state index in [4.69, 9.17) is 4.74 Å². The zero-order valence-electron chi connectivity index (χ0n) is 10.4. The Morgan fingerprint density at radius 1 is 1.53 bits per heavy atom. The molecule has 7 heteroatoms. The van der Waals surface area contributed by atoms with Gasteiger partial charge in [0.25, 0.3) is 5.69 Å². The molecule has 2 rings (SSSR count). The number of carbonyl (C=O) groups excluding carboxylic acids is 1. The fraction of sp³-hybridized carbons (Fsp3) is 0.417. The highest BCUT2D eigenvalue weighted by atomic mass is 79.9. The molecule has 0 saturated heterocycles. The van der Waals surface area contributed by atoms with Gasteiger partial charge in [-0.1, -0.05) is 15.9 Å². The molecule has 0 N–H and O–H groups in total. The number of hydrogen-bond donors (Lipinski definition) is 0. The minimum atomic E-state index is -0.428. The Bertz CT molecular complexity index is 533. The highest BCUT2D eigenvalue weighted by molar-refractivity contribution is 9.10. The number of amides is 1. The molecule has 19 heavy (non-hydrogen) atoms. The van der Waals surface area contributed by atoms with Crippen molar-refractivity contribution in [2.45, 2.75) is 19.9 Å². The fourth-order valence-corrected chi connectivity index (χ4v) is 2.73. The first-order valence-corrected chi connectivity index (χ1v) is 6.70. The fourth-order valence-electron chi connectivity index (χ4n) is 2.16. The Hall–Kier alpha value is -1.63. The minimum absolute atomic E-state index is 0.0483. The van der Waals surface area contributed by atoms with Gasteiger partial charge in [0, 0.05) is 17.1 Å². The van der Waals surface area contributed by atoms with E-state index in [0.29, 0.717) is 25.1 Å². The van der Waals surface area contributed by atoms with Gasteiger partial charge in [-0.2, -0.15) is 0 Å². The van der Waals surface area contributed by atoms with Gasteiger partial charge in [-0.25, -0.2) is 4.79 Å². The van der Waals surface area contributed by atoms with Gasteiger partial charge in [-0.15, -0.1) is 0 Å². The lowest BCUT2D eigenvalue weighted by molar-refractivity contribution is -0.385. The summed E-state index contributed by atoms with van der Waals surface area (Å²) in [6.07, 6.45) is 0.151. The van der Waals surface area contributed by atoms with Crippen LogP contribution in [0.25, 0.3) is 0 Å². The molecule has 0 atom stereocenters. The van der Waals surface area contributed by atoms with E-state index < -0.39 is 11.0 Å². The van der Waals surface area contributed by atoms with Crippen molar-refractivity contribution in [3.05, 3.63) is 37.8 Å². The van der Waals surface area contributed by atoms with Crippen LogP contribution in [0.4, 0.5) is 10.5 Å². The molecule has 6 nitrogen and oxygen atoms in total. The SMILES string of the molecule is CCOC(=O)N1CCc2c(Br)ccc([N+](=O)[O-])c2C1. The number of ether oxygens (including phenoxy) is 1. The normalized spacial score (nSPS) is 13.9. The van der Waals surface area contributed by atoms with E-state index in [1.165, 1.54) is 11.0 Å². The highest BCUT2D eigenvalue weighted by Crippen LogP contribution is 2.33. The van der Waals surface area contributed by atoms with Gasteiger partial charge in [0.1, 0.15) is 0 Å². The Labute approximate surface area is 118 Å². The third-order valence-corrected chi connectivity index (χ3v) is 3.80. The molecular formula is C12H13BrN2O4. The molecule has 0 aliphatic carbocycles. The predicted octanol–water partition coefficient (Wildman–Crippen LogP) is 2.87. The van der Waals surface area contributed by atoms with Crippen LogP contribution in [0, 0.1) is 10.1 Å². The third-order valence-electron chi connectivity index (χ3n) is 3.05. The van der Waals surface area contributed by atoms with Crippen molar-refractivity contribution >= 4 is 27.7 Å². The summed E-state index contributed by atoms with van der Waals surface area (Å²) in [5.41, 5.74) is 1.53. The Morgan fingerprint density at radius 3 is 2.89 bits per heavy atom. The van der Waals surface area contributed by atoms with Gasteiger partial charge < -0.3 is 9.64 Å². The topological polar surface area (TPSA) is 72.7 Å². The summed E-state index contributed by atoms with van der Waals surface area (Å²) in [7, 11) is 0. The summed E-state index contributed by atoms with van der Waals surface area (Å²) in [5, 5.41) is 11.0. The van der Waals surface area contributed by atoms with Gasteiger partial charge >= 0.3 is 6.09 Å². The molecule has 1 heterocycles. The van der Waals surface area contributed by atoms with E-state index in [-0.39, 0.29) is 12.2 Å². The Morgan fingerprint density at radius 2 is 2.26 bits per heavy atom. The number of nitrogens with zero attached hydrogens (tertiary/aromatic N) is 2. The third kappa shape index (κ3) is 2.70. The molecule has 0 fully saturated rings. The summed E-state index contributed by atoms with van der Waals surface area (Å²) in [6, 6.07) is 3.13. The standard InChI is InChI=1S/C12H13BrN2O4/c1-2-19-12(16)14-6-5-8-9(7-14)11(15(17)18)4-3-10(8)13/h3-4H,2,5-7H2,1H3. The van der Waals surface area contributed by atoms with E-state index in [1.807, 2.05) is 0 Å². The first-order chi connectivity index (χ1) is 9.04. The summed E-state index contributed by atoms with van der Waals surface area (Å²) >= 11 is 3.40. The number of rotatable bonds is 2. The lowest BCUT2D eigenvalue weighted by atomic mass is 9.98. The molecule has 1 amide bonds. The number of carbonyl (C=O) groups is 1. The number of fused-ring (bicyclic) bond motifs is 1. The number of nitro groups is 1. The number of nitro benzene ring substituents is 1. The monoisotopic (exact) mass is 328 g/mol. The van der Waals surface area contributed by atoms with E-state index in [2.05, 4.69) is 15.9 Å². The largest absolute Gasteiger partial charge is 0.450 e. The molecule has 0 spiro atoms. The smallest absolute Gasteiger partial charge is 0.410 e. The molecule has 0 bridgehead atoms. The second-order valence-corrected chi connectivity index (χ2v) is 5.01. The van der Waals surface area contributed by atoms with Crippen molar-refractivity contribution in [3.8, 4) is 0 Å². The van der Waals surface area contributed by atoms with Crippen LogP contribution in [0.1, 0.15) is 18.1 Å². The molecule has 0 aromatic heterocycles. The van der Waals surface area contributed by atoms with Crippen molar-refractivity contribution in [2.75, 3.05) is 13.2 Å².